The number of cyclic esters (lactones) is 1. The van der Waals surface area contributed by atoms with E-state index in [2.05, 4.69) is 4.98 Å². The SMILES string of the molecule is CCN(CC)S(=O)(=O)c1ccc2[nH]c(=O)cc(C(=O)O[C@H]3CCOC3=O)c2c1. The third-order valence-electron chi connectivity index (χ3n) is 4.51. The zero-order valence-corrected chi connectivity index (χ0v) is 16.2. The Morgan fingerprint density at radius 3 is 2.57 bits per heavy atom. The Bertz CT molecular complexity index is 1090. The first-order valence-corrected chi connectivity index (χ1v) is 10.3. The fourth-order valence-corrected chi connectivity index (χ4v) is 4.54. The van der Waals surface area contributed by atoms with E-state index in [-0.39, 0.29) is 34.4 Å². The Hall–Kier alpha value is -2.72. The molecular formula is C18H20N2O7S. The van der Waals surface area contributed by atoms with E-state index in [1.165, 1.54) is 22.5 Å². The minimum atomic E-state index is -3.76. The average molecular weight is 408 g/mol. The highest BCUT2D eigenvalue weighted by atomic mass is 32.2. The van der Waals surface area contributed by atoms with Crippen LogP contribution in [0.5, 0.6) is 0 Å². The molecule has 1 N–H and O–H groups in total. The standard InChI is InChI=1S/C18H20N2O7S/c1-3-20(4-2)28(24,25)11-5-6-14-12(9-11)13(10-16(21)19-14)17(22)27-15-7-8-26-18(15)23/h5-6,9-10,15H,3-4,7-8H2,1-2H3,(H,19,21)/t15-/m0/s1. The molecule has 1 aliphatic heterocycles. The van der Waals surface area contributed by atoms with Crippen molar-refractivity contribution in [3.8, 4) is 0 Å². The van der Waals surface area contributed by atoms with Gasteiger partial charge in [-0.15, -0.1) is 0 Å². The number of pyridine rings is 1. The highest BCUT2D eigenvalue weighted by Gasteiger charge is 2.31. The quantitative estimate of drug-likeness (QED) is 0.708. The van der Waals surface area contributed by atoms with Gasteiger partial charge in [0.25, 0.3) is 0 Å². The molecule has 1 aliphatic rings. The number of esters is 2. The van der Waals surface area contributed by atoms with Crippen molar-refractivity contribution in [1.29, 1.82) is 0 Å². The van der Waals surface area contributed by atoms with Crippen molar-refractivity contribution in [2.75, 3.05) is 19.7 Å². The number of rotatable bonds is 6. The number of carbonyl (C=O) groups excluding carboxylic acids is 2. The van der Waals surface area contributed by atoms with Crippen LogP contribution in [0, 0.1) is 0 Å². The highest BCUT2D eigenvalue weighted by molar-refractivity contribution is 7.89. The van der Waals surface area contributed by atoms with Crippen LogP contribution in [0.2, 0.25) is 0 Å². The van der Waals surface area contributed by atoms with E-state index in [0.717, 1.165) is 6.07 Å². The molecule has 2 heterocycles. The molecule has 1 aromatic heterocycles. The fraction of sp³-hybridized carbons (Fsp3) is 0.389. The molecule has 1 saturated heterocycles. The van der Waals surface area contributed by atoms with Crippen molar-refractivity contribution in [1.82, 2.24) is 9.29 Å². The number of H-pyrrole nitrogens is 1. The van der Waals surface area contributed by atoms with Crippen LogP contribution in [0.4, 0.5) is 0 Å². The van der Waals surface area contributed by atoms with Gasteiger partial charge in [0.15, 0.2) is 0 Å². The lowest BCUT2D eigenvalue weighted by Crippen LogP contribution is -2.30. The van der Waals surface area contributed by atoms with Gasteiger partial charge >= 0.3 is 11.9 Å². The lowest BCUT2D eigenvalue weighted by Gasteiger charge is -2.19. The number of hydrogen-bond donors (Lipinski definition) is 1. The molecule has 3 rings (SSSR count). The van der Waals surface area contributed by atoms with E-state index < -0.39 is 33.6 Å². The van der Waals surface area contributed by atoms with Gasteiger partial charge < -0.3 is 14.5 Å². The molecule has 0 radical (unpaired) electrons. The number of fused-ring (bicyclic) bond motifs is 1. The van der Waals surface area contributed by atoms with Crippen molar-refractivity contribution >= 4 is 32.9 Å². The van der Waals surface area contributed by atoms with Crippen LogP contribution in [0.25, 0.3) is 10.9 Å². The first-order valence-electron chi connectivity index (χ1n) is 8.82. The Balaban J connectivity index is 2.08. The molecule has 0 amide bonds. The molecule has 28 heavy (non-hydrogen) atoms. The van der Waals surface area contributed by atoms with Gasteiger partial charge in [-0.3, -0.25) is 4.79 Å². The Kier molecular flexibility index (Phi) is 5.52. The average Bonchev–Trinajstić information content (AvgIpc) is 3.05. The van der Waals surface area contributed by atoms with E-state index in [9.17, 15) is 22.8 Å². The second-order valence-electron chi connectivity index (χ2n) is 6.19. The van der Waals surface area contributed by atoms with E-state index in [4.69, 9.17) is 9.47 Å². The summed E-state index contributed by atoms with van der Waals surface area (Å²) in [5.41, 5.74) is -0.380. The number of nitrogens with one attached hydrogen (secondary N) is 1. The molecule has 0 saturated carbocycles. The van der Waals surface area contributed by atoms with E-state index in [1.54, 1.807) is 13.8 Å². The number of aromatic nitrogens is 1. The van der Waals surface area contributed by atoms with Crippen molar-refractivity contribution < 1.29 is 27.5 Å². The summed E-state index contributed by atoms with van der Waals surface area (Å²) in [4.78, 5) is 38.6. The van der Waals surface area contributed by atoms with Gasteiger partial charge in [-0.2, -0.15) is 4.31 Å². The Morgan fingerprint density at radius 2 is 1.96 bits per heavy atom. The Labute approximate surface area is 161 Å². The highest BCUT2D eigenvalue weighted by Crippen LogP contribution is 2.24. The first kappa shape index (κ1) is 20.0. The molecule has 10 heteroatoms. The molecule has 1 atom stereocenters. The molecule has 2 aromatic rings. The molecule has 150 valence electrons. The van der Waals surface area contributed by atoms with Crippen molar-refractivity contribution in [2.24, 2.45) is 0 Å². The second-order valence-corrected chi connectivity index (χ2v) is 8.13. The van der Waals surface area contributed by atoms with Gasteiger partial charge in [0.2, 0.25) is 21.7 Å². The number of sulfonamides is 1. The molecule has 0 aliphatic carbocycles. The number of aromatic amines is 1. The number of nitrogens with zero attached hydrogens (tertiary/aromatic N) is 1. The van der Waals surface area contributed by atoms with Crippen molar-refractivity contribution in [3.63, 3.8) is 0 Å². The van der Waals surface area contributed by atoms with Crippen molar-refractivity contribution in [2.45, 2.75) is 31.3 Å². The summed E-state index contributed by atoms with van der Waals surface area (Å²) in [5.74, 6) is -1.54. The van der Waals surface area contributed by atoms with E-state index >= 15 is 0 Å². The molecule has 1 aromatic carbocycles. The van der Waals surface area contributed by atoms with Crippen molar-refractivity contribution in [3.05, 3.63) is 40.2 Å². The lowest BCUT2D eigenvalue weighted by molar-refractivity contribution is -0.145. The van der Waals surface area contributed by atoms with Gasteiger partial charge in [-0.05, 0) is 18.2 Å². The van der Waals surface area contributed by atoms with Gasteiger partial charge in [0.1, 0.15) is 0 Å². The molecule has 0 unspecified atom stereocenters. The van der Waals surface area contributed by atoms with Crippen LogP contribution in [0.15, 0.2) is 34.0 Å². The second kappa shape index (κ2) is 7.72. The summed E-state index contributed by atoms with van der Waals surface area (Å²) >= 11 is 0. The van der Waals surface area contributed by atoms with E-state index in [0.29, 0.717) is 13.1 Å². The largest absolute Gasteiger partial charge is 0.463 e. The first-order chi connectivity index (χ1) is 13.3. The van der Waals surface area contributed by atoms with Gasteiger partial charge in [0.05, 0.1) is 17.1 Å². The molecule has 1 fully saturated rings. The maximum atomic E-state index is 12.8. The van der Waals surface area contributed by atoms with Crippen LogP contribution in [-0.2, 0) is 24.3 Å². The zero-order chi connectivity index (χ0) is 20.5. The van der Waals surface area contributed by atoms with Gasteiger partial charge in [-0.1, -0.05) is 13.8 Å². The number of ether oxygens (including phenoxy) is 2. The minimum Gasteiger partial charge on any atom is -0.463 e. The normalized spacial score (nSPS) is 17.1. The van der Waals surface area contributed by atoms with Gasteiger partial charge in [0, 0.05) is 36.5 Å². The van der Waals surface area contributed by atoms with Crippen LogP contribution < -0.4 is 5.56 Å². The predicted molar refractivity (Wildman–Crippen MR) is 99.5 cm³/mol. The topological polar surface area (TPSA) is 123 Å². The predicted octanol–water partition coefficient (Wildman–Crippen LogP) is 1.03. The van der Waals surface area contributed by atoms with E-state index in [1.807, 2.05) is 0 Å². The molecule has 9 nitrogen and oxygen atoms in total. The zero-order valence-electron chi connectivity index (χ0n) is 15.4. The summed E-state index contributed by atoms with van der Waals surface area (Å²) in [5, 5.41) is 0.212. The lowest BCUT2D eigenvalue weighted by atomic mass is 10.1. The maximum absolute atomic E-state index is 12.8. The summed E-state index contributed by atoms with van der Waals surface area (Å²) in [6, 6.07) is 5.14. The Morgan fingerprint density at radius 1 is 1.25 bits per heavy atom. The number of carbonyl (C=O) groups is 2. The minimum absolute atomic E-state index is 0.00919. The monoisotopic (exact) mass is 408 g/mol. The third kappa shape index (κ3) is 3.65. The summed E-state index contributed by atoms with van der Waals surface area (Å²) < 4.78 is 36.8. The molecule has 0 spiro atoms. The van der Waals surface area contributed by atoms with Crippen LogP contribution in [0.3, 0.4) is 0 Å². The van der Waals surface area contributed by atoms with Gasteiger partial charge in [-0.25, -0.2) is 18.0 Å². The fourth-order valence-electron chi connectivity index (χ4n) is 3.05. The smallest absolute Gasteiger partial charge is 0.347 e. The summed E-state index contributed by atoms with van der Waals surface area (Å²) in [6.45, 7) is 4.19. The number of benzene rings is 1. The molecule has 0 bridgehead atoms. The summed E-state index contributed by atoms with van der Waals surface area (Å²) in [6.07, 6.45) is -0.808. The maximum Gasteiger partial charge on any atom is 0.347 e. The summed E-state index contributed by atoms with van der Waals surface area (Å²) in [7, 11) is -3.76. The van der Waals surface area contributed by atoms with Crippen LogP contribution in [0.1, 0.15) is 30.6 Å². The van der Waals surface area contributed by atoms with Crippen LogP contribution in [-0.4, -0.2) is 55.4 Å². The molecular weight excluding hydrogens is 388 g/mol. The third-order valence-corrected chi connectivity index (χ3v) is 6.56. The van der Waals surface area contributed by atoms with Crippen LogP contribution >= 0.6 is 0 Å². The number of hydrogen-bond acceptors (Lipinski definition) is 7.